The van der Waals surface area contributed by atoms with Crippen LogP contribution in [0.1, 0.15) is 16.2 Å². The second-order valence-electron chi connectivity index (χ2n) is 7.19. The van der Waals surface area contributed by atoms with Crippen LogP contribution in [0, 0.1) is 5.82 Å². The van der Waals surface area contributed by atoms with E-state index >= 15 is 0 Å². The fourth-order valence-electron chi connectivity index (χ4n) is 2.98. The van der Waals surface area contributed by atoms with Gasteiger partial charge in [-0.2, -0.15) is 18.2 Å². The van der Waals surface area contributed by atoms with Crippen molar-refractivity contribution in [2.24, 2.45) is 0 Å². The van der Waals surface area contributed by atoms with Crippen LogP contribution >= 0.6 is 0 Å². The molecule has 0 bridgehead atoms. The van der Waals surface area contributed by atoms with Crippen molar-refractivity contribution >= 4 is 11.9 Å². The molecule has 34 heavy (non-hydrogen) atoms. The number of alkyl halides is 3. The Balaban J connectivity index is 1.34. The number of nitrogens with zero attached hydrogens (tertiary/aromatic N) is 4. The van der Waals surface area contributed by atoms with E-state index in [-0.39, 0.29) is 29.3 Å². The highest BCUT2D eigenvalue weighted by Crippen LogP contribution is 2.29. The molecule has 8 nitrogen and oxygen atoms in total. The summed E-state index contributed by atoms with van der Waals surface area (Å²) in [6.45, 7) is 0.586. The lowest BCUT2D eigenvalue weighted by Gasteiger charge is -2.15. The zero-order chi connectivity index (χ0) is 24.3. The Labute approximate surface area is 190 Å². The average molecular weight is 475 g/mol. The number of halogens is 4. The molecule has 4 aromatic rings. The Morgan fingerprint density at radius 3 is 2.59 bits per heavy atom. The highest BCUT2D eigenvalue weighted by atomic mass is 19.4. The molecule has 0 aliphatic rings. The Bertz CT molecular complexity index is 1280. The van der Waals surface area contributed by atoms with Crippen LogP contribution in [0.25, 0.3) is 22.7 Å². The number of rotatable bonds is 7. The SMILES string of the molecule is CN(CCNC(=O)c1cccc(-c2noc(C(F)(F)F)n2)c1)c1ncc(-c2ccc(F)cc2)o1. The number of nitrogens with one attached hydrogen (secondary N) is 1. The van der Waals surface area contributed by atoms with Gasteiger partial charge in [0, 0.05) is 36.8 Å². The smallest absolute Gasteiger partial charge is 0.423 e. The number of amides is 1. The van der Waals surface area contributed by atoms with Gasteiger partial charge in [-0.15, -0.1) is 0 Å². The summed E-state index contributed by atoms with van der Waals surface area (Å²) in [6.07, 6.45) is -3.24. The van der Waals surface area contributed by atoms with Crippen LogP contribution < -0.4 is 10.2 Å². The predicted molar refractivity (Wildman–Crippen MR) is 112 cm³/mol. The van der Waals surface area contributed by atoms with Gasteiger partial charge >= 0.3 is 12.1 Å². The minimum atomic E-state index is -4.76. The fourth-order valence-corrected chi connectivity index (χ4v) is 2.98. The van der Waals surface area contributed by atoms with E-state index < -0.39 is 18.0 Å². The van der Waals surface area contributed by atoms with Crippen molar-refractivity contribution in [2.75, 3.05) is 25.0 Å². The zero-order valence-electron chi connectivity index (χ0n) is 17.6. The van der Waals surface area contributed by atoms with Gasteiger partial charge in [0.2, 0.25) is 5.82 Å². The minimum Gasteiger partial charge on any atom is -0.423 e. The van der Waals surface area contributed by atoms with E-state index in [0.29, 0.717) is 23.9 Å². The first-order valence-electron chi connectivity index (χ1n) is 9.93. The van der Waals surface area contributed by atoms with Crippen molar-refractivity contribution in [1.29, 1.82) is 0 Å². The van der Waals surface area contributed by atoms with E-state index in [9.17, 15) is 22.4 Å². The minimum absolute atomic E-state index is 0.206. The summed E-state index contributed by atoms with van der Waals surface area (Å²) in [5.41, 5.74) is 1.09. The molecule has 176 valence electrons. The van der Waals surface area contributed by atoms with Crippen molar-refractivity contribution < 1.29 is 31.3 Å². The van der Waals surface area contributed by atoms with Crippen molar-refractivity contribution in [1.82, 2.24) is 20.4 Å². The van der Waals surface area contributed by atoms with Crippen molar-refractivity contribution in [3.05, 3.63) is 72.0 Å². The molecule has 2 aromatic carbocycles. The van der Waals surface area contributed by atoms with Gasteiger partial charge in [-0.05, 0) is 36.4 Å². The lowest BCUT2D eigenvalue weighted by molar-refractivity contribution is -0.159. The number of hydrogen-bond acceptors (Lipinski definition) is 7. The zero-order valence-corrected chi connectivity index (χ0v) is 17.6. The number of benzene rings is 2. The number of likely N-dealkylation sites (N-methyl/N-ethyl adjacent to an activating group) is 1. The summed E-state index contributed by atoms with van der Waals surface area (Å²) in [6, 6.07) is 12.0. The second kappa shape index (κ2) is 9.33. The third-order valence-electron chi connectivity index (χ3n) is 4.73. The van der Waals surface area contributed by atoms with E-state index in [0.717, 1.165) is 0 Å². The monoisotopic (exact) mass is 475 g/mol. The Morgan fingerprint density at radius 1 is 1.12 bits per heavy atom. The molecule has 2 aromatic heterocycles. The summed E-state index contributed by atoms with van der Waals surface area (Å²) in [5, 5.41) is 6.04. The number of carbonyl (C=O) groups is 1. The summed E-state index contributed by atoms with van der Waals surface area (Å²) >= 11 is 0. The summed E-state index contributed by atoms with van der Waals surface area (Å²) in [5.74, 6) is -2.06. The van der Waals surface area contributed by atoms with Gasteiger partial charge in [0.25, 0.3) is 11.9 Å². The maximum atomic E-state index is 13.1. The van der Waals surface area contributed by atoms with Gasteiger partial charge in [-0.1, -0.05) is 17.3 Å². The van der Waals surface area contributed by atoms with Crippen LogP contribution in [0.5, 0.6) is 0 Å². The van der Waals surface area contributed by atoms with Gasteiger partial charge in [-0.3, -0.25) is 4.79 Å². The van der Waals surface area contributed by atoms with E-state index in [2.05, 4.69) is 25.0 Å². The first-order valence-corrected chi connectivity index (χ1v) is 9.93. The molecule has 1 amide bonds. The van der Waals surface area contributed by atoms with Gasteiger partial charge in [0.1, 0.15) is 5.82 Å². The maximum absolute atomic E-state index is 13.1. The quantitative estimate of drug-likeness (QED) is 0.395. The topological polar surface area (TPSA) is 97.3 Å². The largest absolute Gasteiger partial charge is 0.471 e. The molecule has 0 aliphatic heterocycles. The average Bonchev–Trinajstić information content (AvgIpc) is 3.50. The maximum Gasteiger partial charge on any atom is 0.471 e. The van der Waals surface area contributed by atoms with E-state index in [1.807, 2.05) is 0 Å². The van der Waals surface area contributed by atoms with Crippen LogP contribution in [0.2, 0.25) is 0 Å². The van der Waals surface area contributed by atoms with Crippen LogP contribution in [0.4, 0.5) is 23.6 Å². The molecule has 0 radical (unpaired) electrons. The van der Waals surface area contributed by atoms with Gasteiger partial charge < -0.3 is 19.2 Å². The number of carbonyl (C=O) groups excluding carboxylic acids is 1. The van der Waals surface area contributed by atoms with Crippen LogP contribution in [0.15, 0.2) is 63.7 Å². The van der Waals surface area contributed by atoms with Crippen LogP contribution in [-0.2, 0) is 6.18 Å². The summed E-state index contributed by atoms with van der Waals surface area (Å²) < 4.78 is 61.0. The van der Waals surface area contributed by atoms with Crippen molar-refractivity contribution in [3.63, 3.8) is 0 Å². The second-order valence-corrected chi connectivity index (χ2v) is 7.19. The first-order chi connectivity index (χ1) is 16.2. The molecule has 0 unspecified atom stereocenters. The molecule has 0 saturated carbocycles. The van der Waals surface area contributed by atoms with E-state index in [1.54, 1.807) is 24.1 Å². The van der Waals surface area contributed by atoms with Gasteiger partial charge in [0.05, 0.1) is 6.20 Å². The van der Waals surface area contributed by atoms with Gasteiger partial charge in [0.15, 0.2) is 5.76 Å². The van der Waals surface area contributed by atoms with E-state index in [1.165, 1.54) is 42.6 Å². The molecule has 0 atom stereocenters. The number of oxazole rings is 1. The number of aromatic nitrogens is 3. The molecular weight excluding hydrogens is 458 g/mol. The lowest BCUT2D eigenvalue weighted by Crippen LogP contribution is -2.33. The summed E-state index contributed by atoms with van der Waals surface area (Å²) in [7, 11) is 1.72. The standard InChI is InChI=1S/C22H17F4N5O3/c1-31(21-28-12-17(33-21)13-5-7-16(23)8-6-13)10-9-27-19(32)15-4-2-3-14(11-15)18-29-20(34-30-18)22(24,25)26/h2-8,11-12H,9-10H2,1H3,(H,27,32). The molecule has 2 heterocycles. The molecular formula is C22H17F4N5O3. The van der Waals surface area contributed by atoms with Crippen molar-refractivity contribution in [2.45, 2.75) is 6.18 Å². The molecule has 0 aliphatic carbocycles. The fraction of sp³-hybridized carbons (Fsp3) is 0.182. The summed E-state index contributed by atoms with van der Waals surface area (Å²) in [4.78, 5) is 21.7. The number of anilines is 1. The van der Waals surface area contributed by atoms with Crippen molar-refractivity contribution in [3.8, 4) is 22.7 Å². The molecule has 12 heteroatoms. The lowest BCUT2D eigenvalue weighted by atomic mass is 10.1. The van der Waals surface area contributed by atoms with Crippen LogP contribution in [-0.4, -0.2) is 41.2 Å². The highest BCUT2D eigenvalue weighted by molar-refractivity contribution is 5.95. The Morgan fingerprint density at radius 2 is 1.88 bits per heavy atom. The Kier molecular flexibility index (Phi) is 6.30. The highest BCUT2D eigenvalue weighted by Gasteiger charge is 2.38. The molecule has 4 rings (SSSR count). The number of hydrogen-bond donors (Lipinski definition) is 1. The molecule has 0 saturated heterocycles. The Hall–Kier alpha value is -4.22. The van der Waals surface area contributed by atoms with Gasteiger partial charge in [-0.25, -0.2) is 9.37 Å². The third-order valence-corrected chi connectivity index (χ3v) is 4.73. The van der Waals surface area contributed by atoms with Crippen LogP contribution in [0.3, 0.4) is 0 Å². The molecule has 0 spiro atoms. The third kappa shape index (κ3) is 5.22. The molecule has 1 N–H and O–H groups in total. The predicted octanol–water partition coefficient (Wildman–Crippen LogP) is 4.42. The first kappa shape index (κ1) is 23.0. The normalized spacial score (nSPS) is 11.4. The van der Waals surface area contributed by atoms with E-state index in [4.69, 9.17) is 4.42 Å². The molecule has 0 fully saturated rings.